The van der Waals surface area contributed by atoms with Crippen molar-refractivity contribution in [2.45, 2.75) is 31.3 Å². The van der Waals surface area contributed by atoms with Crippen molar-refractivity contribution < 1.29 is 8.42 Å². The molecule has 2 heterocycles. The molecule has 1 N–H and O–H groups in total. The molecular formula is C19H22N4O2S. The van der Waals surface area contributed by atoms with Crippen LogP contribution in [0.1, 0.15) is 19.2 Å². The lowest BCUT2D eigenvalue weighted by molar-refractivity contribution is 0.219. The van der Waals surface area contributed by atoms with E-state index in [1.807, 2.05) is 12.1 Å². The Labute approximate surface area is 153 Å². The molecule has 2 aromatic carbocycles. The minimum absolute atomic E-state index is 0.249. The Morgan fingerprint density at radius 3 is 2.69 bits per heavy atom. The molecule has 3 aromatic rings. The highest BCUT2D eigenvalue weighted by Crippen LogP contribution is 2.25. The average Bonchev–Trinajstić information content (AvgIpc) is 2.99. The summed E-state index contributed by atoms with van der Waals surface area (Å²) in [5.41, 5.74) is 2.41. The summed E-state index contributed by atoms with van der Waals surface area (Å²) in [7, 11) is -3.59. The number of hydrogen-bond acceptors (Lipinski definition) is 4. The van der Waals surface area contributed by atoms with Crippen molar-refractivity contribution in [1.29, 1.82) is 0 Å². The topological polar surface area (TPSA) is 67.2 Å². The SMILES string of the molecule is CCCN1CCn2c(nc3cc(NS(=O)(=O)c4ccccc4)ccc32)C1. The van der Waals surface area contributed by atoms with E-state index in [-0.39, 0.29) is 4.90 Å². The maximum atomic E-state index is 12.5. The van der Waals surface area contributed by atoms with Crippen LogP contribution in [0.2, 0.25) is 0 Å². The lowest BCUT2D eigenvalue weighted by atomic mass is 10.2. The molecule has 1 aliphatic heterocycles. The maximum absolute atomic E-state index is 12.5. The second kappa shape index (κ2) is 6.74. The third kappa shape index (κ3) is 3.20. The molecule has 0 unspecified atom stereocenters. The predicted molar refractivity (Wildman–Crippen MR) is 103 cm³/mol. The number of rotatable bonds is 5. The van der Waals surface area contributed by atoms with Gasteiger partial charge in [-0.25, -0.2) is 13.4 Å². The minimum atomic E-state index is -3.59. The highest BCUT2D eigenvalue weighted by molar-refractivity contribution is 7.92. The summed E-state index contributed by atoms with van der Waals surface area (Å²) < 4.78 is 29.9. The smallest absolute Gasteiger partial charge is 0.261 e. The number of sulfonamides is 1. The first-order valence-electron chi connectivity index (χ1n) is 8.86. The van der Waals surface area contributed by atoms with Gasteiger partial charge in [0.15, 0.2) is 0 Å². The highest BCUT2D eigenvalue weighted by atomic mass is 32.2. The lowest BCUT2D eigenvalue weighted by Gasteiger charge is -2.27. The van der Waals surface area contributed by atoms with Crippen molar-refractivity contribution in [1.82, 2.24) is 14.5 Å². The van der Waals surface area contributed by atoms with Gasteiger partial charge in [0.05, 0.1) is 28.2 Å². The van der Waals surface area contributed by atoms with E-state index in [0.717, 1.165) is 49.5 Å². The summed E-state index contributed by atoms with van der Waals surface area (Å²) in [4.78, 5) is 7.39. The van der Waals surface area contributed by atoms with Crippen LogP contribution >= 0.6 is 0 Å². The van der Waals surface area contributed by atoms with Gasteiger partial charge in [0.1, 0.15) is 5.82 Å². The van der Waals surface area contributed by atoms with Gasteiger partial charge in [-0.15, -0.1) is 0 Å². The molecule has 0 saturated carbocycles. The molecule has 0 fully saturated rings. The van der Waals surface area contributed by atoms with E-state index in [1.54, 1.807) is 36.4 Å². The third-order valence-electron chi connectivity index (χ3n) is 4.68. The highest BCUT2D eigenvalue weighted by Gasteiger charge is 2.20. The molecule has 1 aliphatic rings. The third-order valence-corrected chi connectivity index (χ3v) is 6.07. The predicted octanol–water partition coefficient (Wildman–Crippen LogP) is 3.06. The molecule has 0 atom stereocenters. The Morgan fingerprint density at radius 1 is 1.12 bits per heavy atom. The summed E-state index contributed by atoms with van der Waals surface area (Å²) in [6.45, 7) is 6.04. The van der Waals surface area contributed by atoms with Gasteiger partial charge in [0.25, 0.3) is 10.0 Å². The van der Waals surface area contributed by atoms with Crippen molar-refractivity contribution in [3.8, 4) is 0 Å². The molecule has 0 saturated heterocycles. The Kier molecular flexibility index (Phi) is 4.42. The Morgan fingerprint density at radius 2 is 1.92 bits per heavy atom. The maximum Gasteiger partial charge on any atom is 0.261 e. The monoisotopic (exact) mass is 370 g/mol. The zero-order chi connectivity index (χ0) is 18.1. The largest absolute Gasteiger partial charge is 0.326 e. The molecule has 136 valence electrons. The molecule has 26 heavy (non-hydrogen) atoms. The van der Waals surface area contributed by atoms with Gasteiger partial charge in [0.2, 0.25) is 0 Å². The number of imidazole rings is 1. The molecule has 7 heteroatoms. The standard InChI is InChI=1S/C19H22N4O2S/c1-2-10-22-11-12-23-18-9-8-15(13-17(18)20-19(23)14-22)21-26(24,25)16-6-4-3-5-7-16/h3-9,13,21H,2,10-12,14H2,1H3. The summed E-state index contributed by atoms with van der Waals surface area (Å²) in [6, 6.07) is 13.9. The normalized spacial score (nSPS) is 15.1. The molecular weight excluding hydrogens is 348 g/mol. The number of anilines is 1. The first kappa shape index (κ1) is 17.1. The Balaban J connectivity index is 1.63. The fraction of sp³-hybridized carbons (Fsp3) is 0.316. The molecule has 0 bridgehead atoms. The van der Waals surface area contributed by atoms with E-state index in [0.29, 0.717) is 5.69 Å². The molecule has 0 radical (unpaired) electrons. The molecule has 6 nitrogen and oxygen atoms in total. The molecule has 4 rings (SSSR count). The van der Waals surface area contributed by atoms with Gasteiger partial charge < -0.3 is 4.57 Å². The van der Waals surface area contributed by atoms with Crippen LogP contribution in [-0.2, 0) is 23.1 Å². The van der Waals surface area contributed by atoms with Crippen molar-refractivity contribution in [3.63, 3.8) is 0 Å². The summed E-state index contributed by atoms with van der Waals surface area (Å²) >= 11 is 0. The van der Waals surface area contributed by atoms with Gasteiger partial charge in [-0.2, -0.15) is 0 Å². The average molecular weight is 370 g/mol. The van der Waals surface area contributed by atoms with Gasteiger partial charge in [-0.1, -0.05) is 25.1 Å². The van der Waals surface area contributed by atoms with E-state index in [4.69, 9.17) is 4.98 Å². The number of fused-ring (bicyclic) bond motifs is 3. The first-order valence-corrected chi connectivity index (χ1v) is 10.3. The van der Waals surface area contributed by atoms with E-state index in [9.17, 15) is 8.42 Å². The second-order valence-electron chi connectivity index (χ2n) is 6.58. The Bertz CT molecular complexity index is 1030. The van der Waals surface area contributed by atoms with Crippen LogP contribution in [0, 0.1) is 0 Å². The summed E-state index contributed by atoms with van der Waals surface area (Å²) in [5.74, 6) is 1.04. The molecule has 0 amide bonds. The minimum Gasteiger partial charge on any atom is -0.326 e. The number of benzene rings is 2. The van der Waals surface area contributed by atoms with E-state index >= 15 is 0 Å². The van der Waals surface area contributed by atoms with Crippen LogP contribution in [-0.4, -0.2) is 36.0 Å². The van der Waals surface area contributed by atoms with Crippen molar-refractivity contribution in [3.05, 3.63) is 54.4 Å². The van der Waals surface area contributed by atoms with E-state index in [2.05, 4.69) is 21.1 Å². The zero-order valence-corrected chi connectivity index (χ0v) is 15.5. The van der Waals surface area contributed by atoms with Crippen LogP contribution in [0.5, 0.6) is 0 Å². The number of hydrogen-bond donors (Lipinski definition) is 1. The van der Waals surface area contributed by atoms with Gasteiger partial charge in [-0.05, 0) is 43.3 Å². The van der Waals surface area contributed by atoms with E-state index in [1.165, 1.54) is 0 Å². The van der Waals surface area contributed by atoms with Gasteiger partial charge >= 0.3 is 0 Å². The lowest BCUT2D eigenvalue weighted by Crippen LogP contribution is -2.34. The molecule has 1 aromatic heterocycles. The molecule has 0 spiro atoms. The van der Waals surface area contributed by atoms with Crippen molar-refractivity contribution >= 4 is 26.7 Å². The molecule has 0 aliphatic carbocycles. The summed E-state index contributed by atoms with van der Waals surface area (Å²) in [6.07, 6.45) is 1.13. The van der Waals surface area contributed by atoms with Crippen LogP contribution in [0.4, 0.5) is 5.69 Å². The van der Waals surface area contributed by atoms with Crippen LogP contribution in [0.25, 0.3) is 11.0 Å². The van der Waals surface area contributed by atoms with Crippen LogP contribution < -0.4 is 4.72 Å². The Hall–Kier alpha value is -2.38. The van der Waals surface area contributed by atoms with Crippen molar-refractivity contribution in [2.75, 3.05) is 17.8 Å². The van der Waals surface area contributed by atoms with Crippen LogP contribution in [0.3, 0.4) is 0 Å². The number of nitrogens with zero attached hydrogens (tertiary/aromatic N) is 3. The quantitative estimate of drug-likeness (QED) is 0.750. The van der Waals surface area contributed by atoms with Crippen molar-refractivity contribution in [2.24, 2.45) is 0 Å². The zero-order valence-electron chi connectivity index (χ0n) is 14.7. The first-order chi connectivity index (χ1) is 12.6. The van der Waals surface area contributed by atoms with Crippen LogP contribution in [0.15, 0.2) is 53.4 Å². The summed E-state index contributed by atoms with van der Waals surface area (Å²) in [5, 5.41) is 0. The number of aromatic nitrogens is 2. The fourth-order valence-corrected chi connectivity index (χ4v) is 4.53. The van der Waals surface area contributed by atoms with E-state index < -0.39 is 10.0 Å². The second-order valence-corrected chi connectivity index (χ2v) is 8.26. The van der Waals surface area contributed by atoms with Gasteiger partial charge in [0, 0.05) is 13.1 Å². The van der Waals surface area contributed by atoms with Gasteiger partial charge in [-0.3, -0.25) is 9.62 Å². The number of nitrogens with one attached hydrogen (secondary N) is 1. The fourth-order valence-electron chi connectivity index (χ4n) is 3.45.